The van der Waals surface area contributed by atoms with Crippen LogP contribution < -0.4 is 10.6 Å². The second-order valence-electron chi connectivity index (χ2n) is 4.09. The minimum absolute atomic E-state index is 0.224. The minimum Gasteiger partial charge on any atom is -0.397 e. The van der Waals surface area contributed by atoms with Crippen molar-refractivity contribution in [1.82, 2.24) is 4.98 Å². The molecule has 82 valence electrons. The van der Waals surface area contributed by atoms with Crippen molar-refractivity contribution < 1.29 is 5.11 Å². The van der Waals surface area contributed by atoms with Crippen molar-refractivity contribution in [2.45, 2.75) is 25.9 Å². The van der Waals surface area contributed by atoms with Crippen LogP contribution >= 0.6 is 0 Å². The molecule has 1 aliphatic heterocycles. The van der Waals surface area contributed by atoms with E-state index in [-0.39, 0.29) is 6.10 Å². The molecule has 1 unspecified atom stereocenters. The van der Waals surface area contributed by atoms with Crippen LogP contribution in [0.4, 0.5) is 11.5 Å². The summed E-state index contributed by atoms with van der Waals surface area (Å²) in [5.74, 6) is 0.917. The zero-order valence-electron chi connectivity index (χ0n) is 8.98. The zero-order valence-corrected chi connectivity index (χ0v) is 8.98. The van der Waals surface area contributed by atoms with Gasteiger partial charge in [0, 0.05) is 13.1 Å². The normalized spacial score (nSPS) is 21.7. The molecule has 1 fully saturated rings. The van der Waals surface area contributed by atoms with Crippen molar-refractivity contribution >= 4 is 11.5 Å². The summed E-state index contributed by atoms with van der Waals surface area (Å²) in [6.45, 7) is 3.54. The van der Waals surface area contributed by atoms with Crippen molar-refractivity contribution in [2.24, 2.45) is 0 Å². The molecule has 0 aliphatic carbocycles. The highest BCUT2D eigenvalue weighted by Gasteiger charge is 2.18. The van der Waals surface area contributed by atoms with E-state index in [1.807, 2.05) is 19.1 Å². The molecule has 0 saturated carbocycles. The number of aromatic nitrogens is 1. The van der Waals surface area contributed by atoms with Gasteiger partial charge in [-0.3, -0.25) is 0 Å². The number of rotatable bonds is 1. The summed E-state index contributed by atoms with van der Waals surface area (Å²) >= 11 is 0. The molecule has 0 bridgehead atoms. The Labute approximate surface area is 89.7 Å². The lowest BCUT2D eigenvalue weighted by Crippen LogP contribution is -2.38. The van der Waals surface area contributed by atoms with E-state index in [4.69, 9.17) is 5.73 Å². The maximum absolute atomic E-state index is 9.57. The topological polar surface area (TPSA) is 62.4 Å². The lowest BCUT2D eigenvalue weighted by Gasteiger charge is -2.31. The molecule has 2 rings (SSSR count). The quantitative estimate of drug-likeness (QED) is 0.719. The molecule has 2 heterocycles. The van der Waals surface area contributed by atoms with Crippen LogP contribution in [0.5, 0.6) is 0 Å². The zero-order chi connectivity index (χ0) is 10.8. The summed E-state index contributed by atoms with van der Waals surface area (Å²) in [6, 6.07) is 3.79. The summed E-state index contributed by atoms with van der Waals surface area (Å²) in [4.78, 5) is 6.53. The van der Waals surface area contributed by atoms with Gasteiger partial charge >= 0.3 is 0 Å². The number of nitrogens with zero attached hydrogens (tertiary/aromatic N) is 2. The van der Waals surface area contributed by atoms with E-state index in [0.29, 0.717) is 6.54 Å². The molecule has 4 nitrogen and oxygen atoms in total. The predicted molar refractivity (Wildman–Crippen MR) is 60.8 cm³/mol. The van der Waals surface area contributed by atoms with Gasteiger partial charge in [0.25, 0.3) is 0 Å². The SMILES string of the molecule is Cc1nc(N2CCCC(O)C2)ccc1N. The molecule has 3 N–H and O–H groups in total. The Morgan fingerprint density at radius 3 is 3.00 bits per heavy atom. The predicted octanol–water partition coefficient (Wildman–Crippen LogP) is 0.933. The smallest absolute Gasteiger partial charge is 0.129 e. The van der Waals surface area contributed by atoms with Gasteiger partial charge in [-0.25, -0.2) is 4.98 Å². The van der Waals surface area contributed by atoms with Gasteiger partial charge in [-0.2, -0.15) is 0 Å². The summed E-state index contributed by atoms with van der Waals surface area (Å²) in [5, 5.41) is 9.57. The fourth-order valence-corrected chi connectivity index (χ4v) is 1.90. The highest BCUT2D eigenvalue weighted by Crippen LogP contribution is 2.20. The number of nitrogen functional groups attached to an aromatic ring is 1. The van der Waals surface area contributed by atoms with Gasteiger partial charge in [0.1, 0.15) is 5.82 Å². The maximum atomic E-state index is 9.57. The average Bonchev–Trinajstić information content (AvgIpc) is 2.22. The molecule has 1 aliphatic rings. The van der Waals surface area contributed by atoms with Crippen molar-refractivity contribution in [3.63, 3.8) is 0 Å². The van der Waals surface area contributed by atoms with Crippen LogP contribution in [0.25, 0.3) is 0 Å². The molecular formula is C11H17N3O. The molecule has 1 aromatic heterocycles. The first-order valence-corrected chi connectivity index (χ1v) is 5.33. The number of aliphatic hydroxyl groups is 1. The molecule has 0 spiro atoms. The highest BCUT2D eigenvalue weighted by atomic mass is 16.3. The lowest BCUT2D eigenvalue weighted by atomic mass is 10.1. The van der Waals surface area contributed by atoms with E-state index >= 15 is 0 Å². The lowest BCUT2D eigenvalue weighted by molar-refractivity contribution is 0.154. The molecule has 0 radical (unpaired) electrons. The van der Waals surface area contributed by atoms with Gasteiger partial charge in [-0.15, -0.1) is 0 Å². The number of anilines is 2. The molecule has 0 amide bonds. The molecule has 1 aromatic rings. The van der Waals surface area contributed by atoms with Crippen molar-refractivity contribution in [1.29, 1.82) is 0 Å². The Hall–Kier alpha value is -1.29. The fourth-order valence-electron chi connectivity index (χ4n) is 1.90. The maximum Gasteiger partial charge on any atom is 0.129 e. The molecule has 1 atom stereocenters. The summed E-state index contributed by atoms with van der Waals surface area (Å²) in [7, 11) is 0. The number of β-amino-alcohol motifs (C(OH)–C–C–N with tert-alkyl or cyclic N) is 1. The average molecular weight is 207 g/mol. The molecular weight excluding hydrogens is 190 g/mol. The van der Waals surface area contributed by atoms with E-state index in [0.717, 1.165) is 36.6 Å². The fraction of sp³-hybridized carbons (Fsp3) is 0.545. The number of aryl methyl sites for hydroxylation is 1. The Bertz CT molecular complexity index is 354. The summed E-state index contributed by atoms with van der Waals surface area (Å²) in [5.41, 5.74) is 7.29. The van der Waals surface area contributed by atoms with Gasteiger partial charge < -0.3 is 15.7 Å². The van der Waals surface area contributed by atoms with Crippen molar-refractivity contribution in [3.8, 4) is 0 Å². The van der Waals surface area contributed by atoms with E-state index in [2.05, 4.69) is 9.88 Å². The molecule has 0 aromatic carbocycles. The third-order valence-corrected chi connectivity index (χ3v) is 2.83. The Morgan fingerprint density at radius 2 is 2.33 bits per heavy atom. The van der Waals surface area contributed by atoms with E-state index in [1.54, 1.807) is 0 Å². The monoisotopic (exact) mass is 207 g/mol. The van der Waals surface area contributed by atoms with Gasteiger partial charge in [0.15, 0.2) is 0 Å². The van der Waals surface area contributed by atoms with Gasteiger partial charge in [0.2, 0.25) is 0 Å². The Kier molecular flexibility index (Phi) is 2.77. The summed E-state index contributed by atoms with van der Waals surface area (Å²) < 4.78 is 0. The number of nitrogens with two attached hydrogens (primary N) is 1. The third kappa shape index (κ3) is 2.21. The first-order chi connectivity index (χ1) is 7.16. The highest BCUT2D eigenvalue weighted by molar-refractivity contribution is 5.50. The van der Waals surface area contributed by atoms with Crippen LogP contribution in [0.15, 0.2) is 12.1 Å². The standard InChI is InChI=1S/C11H17N3O/c1-8-10(12)4-5-11(13-8)14-6-2-3-9(15)7-14/h4-5,9,15H,2-3,6-7,12H2,1H3. The van der Waals surface area contributed by atoms with Crippen molar-refractivity contribution in [2.75, 3.05) is 23.7 Å². The minimum atomic E-state index is -0.224. The second kappa shape index (κ2) is 4.06. The van der Waals surface area contributed by atoms with Gasteiger partial charge in [-0.1, -0.05) is 0 Å². The van der Waals surface area contributed by atoms with Gasteiger partial charge in [-0.05, 0) is 31.9 Å². The second-order valence-corrected chi connectivity index (χ2v) is 4.09. The number of piperidine rings is 1. The number of hydrogen-bond donors (Lipinski definition) is 2. The van der Waals surface area contributed by atoms with E-state index in [1.165, 1.54) is 0 Å². The largest absolute Gasteiger partial charge is 0.397 e. The number of aliphatic hydroxyl groups excluding tert-OH is 1. The number of hydrogen-bond acceptors (Lipinski definition) is 4. The van der Waals surface area contributed by atoms with E-state index in [9.17, 15) is 5.11 Å². The van der Waals surface area contributed by atoms with Crippen molar-refractivity contribution in [3.05, 3.63) is 17.8 Å². The van der Waals surface area contributed by atoms with E-state index < -0.39 is 0 Å². The Morgan fingerprint density at radius 1 is 1.53 bits per heavy atom. The van der Waals surface area contributed by atoms with Crippen LogP contribution in [0.3, 0.4) is 0 Å². The van der Waals surface area contributed by atoms with Crippen LogP contribution in [-0.2, 0) is 0 Å². The molecule has 1 saturated heterocycles. The van der Waals surface area contributed by atoms with Crippen LogP contribution in [0, 0.1) is 6.92 Å². The summed E-state index contributed by atoms with van der Waals surface area (Å²) in [6.07, 6.45) is 1.69. The molecule has 4 heteroatoms. The van der Waals surface area contributed by atoms with Crippen LogP contribution in [0.2, 0.25) is 0 Å². The first-order valence-electron chi connectivity index (χ1n) is 5.33. The number of pyridine rings is 1. The van der Waals surface area contributed by atoms with Crippen LogP contribution in [-0.4, -0.2) is 29.3 Å². The Balaban J connectivity index is 2.18. The van der Waals surface area contributed by atoms with Gasteiger partial charge in [0.05, 0.1) is 17.5 Å². The third-order valence-electron chi connectivity index (χ3n) is 2.83. The molecule has 15 heavy (non-hydrogen) atoms. The first kappa shape index (κ1) is 10.2. The van der Waals surface area contributed by atoms with Crippen LogP contribution in [0.1, 0.15) is 18.5 Å².